The Bertz CT molecular complexity index is 426. The average Bonchev–Trinajstić information content (AvgIpc) is 2.38. The van der Waals surface area contributed by atoms with Crippen molar-refractivity contribution in [3.8, 4) is 5.75 Å². The SMILES string of the molecule is C=C(C)COc1ccc(N)c(N2CCOCC2)c1. The summed E-state index contributed by atoms with van der Waals surface area (Å²) in [5.74, 6) is 0.827. The maximum Gasteiger partial charge on any atom is 0.122 e. The van der Waals surface area contributed by atoms with Gasteiger partial charge in [-0.05, 0) is 24.6 Å². The van der Waals surface area contributed by atoms with Crippen LogP contribution in [0, 0.1) is 0 Å². The third-order valence-electron chi connectivity index (χ3n) is 2.84. The van der Waals surface area contributed by atoms with Crippen LogP contribution >= 0.6 is 0 Å². The van der Waals surface area contributed by atoms with Gasteiger partial charge in [0.2, 0.25) is 0 Å². The normalized spacial score (nSPS) is 15.5. The van der Waals surface area contributed by atoms with Crippen LogP contribution in [0.5, 0.6) is 5.75 Å². The Hall–Kier alpha value is -1.68. The van der Waals surface area contributed by atoms with Crippen molar-refractivity contribution in [3.05, 3.63) is 30.4 Å². The molecule has 4 heteroatoms. The van der Waals surface area contributed by atoms with Crippen molar-refractivity contribution in [2.45, 2.75) is 6.92 Å². The van der Waals surface area contributed by atoms with Crippen molar-refractivity contribution < 1.29 is 9.47 Å². The molecule has 0 bridgehead atoms. The highest BCUT2D eigenvalue weighted by atomic mass is 16.5. The van der Waals surface area contributed by atoms with E-state index in [-0.39, 0.29) is 0 Å². The first kappa shape index (κ1) is 12.8. The van der Waals surface area contributed by atoms with Crippen molar-refractivity contribution in [3.63, 3.8) is 0 Å². The van der Waals surface area contributed by atoms with Gasteiger partial charge in [0.1, 0.15) is 12.4 Å². The lowest BCUT2D eigenvalue weighted by atomic mass is 10.2. The van der Waals surface area contributed by atoms with E-state index in [1.54, 1.807) is 0 Å². The van der Waals surface area contributed by atoms with E-state index >= 15 is 0 Å². The molecule has 0 saturated carbocycles. The molecule has 0 aromatic heterocycles. The Morgan fingerprint density at radius 1 is 1.44 bits per heavy atom. The van der Waals surface area contributed by atoms with Gasteiger partial charge in [0.25, 0.3) is 0 Å². The zero-order valence-corrected chi connectivity index (χ0v) is 10.8. The molecule has 1 fully saturated rings. The van der Waals surface area contributed by atoms with E-state index in [2.05, 4.69) is 11.5 Å². The van der Waals surface area contributed by atoms with Crippen molar-refractivity contribution in [1.82, 2.24) is 0 Å². The molecule has 4 nitrogen and oxygen atoms in total. The minimum atomic E-state index is 0.534. The van der Waals surface area contributed by atoms with Gasteiger partial charge < -0.3 is 20.1 Å². The predicted molar refractivity (Wildman–Crippen MR) is 74.2 cm³/mol. The average molecular weight is 248 g/mol. The largest absolute Gasteiger partial charge is 0.489 e. The van der Waals surface area contributed by atoms with E-state index < -0.39 is 0 Å². The maximum atomic E-state index is 6.02. The molecule has 1 saturated heterocycles. The lowest BCUT2D eigenvalue weighted by molar-refractivity contribution is 0.122. The minimum absolute atomic E-state index is 0.534. The molecule has 1 aromatic rings. The number of nitrogens with zero attached hydrogens (tertiary/aromatic N) is 1. The summed E-state index contributed by atoms with van der Waals surface area (Å²) in [7, 11) is 0. The number of benzene rings is 1. The third-order valence-corrected chi connectivity index (χ3v) is 2.84. The highest BCUT2D eigenvalue weighted by Crippen LogP contribution is 2.29. The van der Waals surface area contributed by atoms with Crippen molar-refractivity contribution in [1.29, 1.82) is 0 Å². The van der Waals surface area contributed by atoms with Crippen LogP contribution in [-0.2, 0) is 4.74 Å². The molecule has 1 aromatic carbocycles. The Balaban J connectivity index is 2.12. The van der Waals surface area contributed by atoms with Crippen molar-refractivity contribution in [2.24, 2.45) is 0 Å². The van der Waals surface area contributed by atoms with Gasteiger partial charge in [-0.25, -0.2) is 0 Å². The summed E-state index contributed by atoms with van der Waals surface area (Å²) in [6, 6.07) is 5.77. The maximum absolute atomic E-state index is 6.02. The molecule has 98 valence electrons. The summed E-state index contributed by atoms with van der Waals surface area (Å²) in [4.78, 5) is 2.23. The van der Waals surface area contributed by atoms with E-state index in [0.717, 1.165) is 49.0 Å². The van der Waals surface area contributed by atoms with Crippen LogP contribution in [0.25, 0.3) is 0 Å². The minimum Gasteiger partial charge on any atom is -0.489 e. The molecule has 1 aliphatic heterocycles. The Labute approximate surface area is 108 Å². The summed E-state index contributed by atoms with van der Waals surface area (Å²) >= 11 is 0. The van der Waals surface area contributed by atoms with E-state index in [0.29, 0.717) is 6.61 Å². The van der Waals surface area contributed by atoms with Gasteiger partial charge in [-0.2, -0.15) is 0 Å². The molecule has 18 heavy (non-hydrogen) atoms. The summed E-state index contributed by atoms with van der Waals surface area (Å²) in [6.45, 7) is 9.53. The second-order valence-electron chi connectivity index (χ2n) is 4.57. The smallest absolute Gasteiger partial charge is 0.122 e. The first-order chi connectivity index (χ1) is 8.66. The fourth-order valence-corrected chi connectivity index (χ4v) is 1.90. The van der Waals surface area contributed by atoms with Crippen LogP contribution in [0.4, 0.5) is 11.4 Å². The molecule has 0 aliphatic carbocycles. The summed E-state index contributed by atoms with van der Waals surface area (Å²) in [6.07, 6.45) is 0. The number of nitrogen functional groups attached to an aromatic ring is 1. The molecule has 0 radical (unpaired) electrons. The van der Waals surface area contributed by atoms with Gasteiger partial charge in [-0.1, -0.05) is 6.58 Å². The Morgan fingerprint density at radius 3 is 2.83 bits per heavy atom. The first-order valence-corrected chi connectivity index (χ1v) is 6.16. The third kappa shape index (κ3) is 3.17. The van der Waals surface area contributed by atoms with Crippen LogP contribution in [0.15, 0.2) is 30.4 Å². The summed E-state index contributed by atoms with van der Waals surface area (Å²) in [5.41, 5.74) is 8.82. The molecule has 0 spiro atoms. The second-order valence-corrected chi connectivity index (χ2v) is 4.57. The fourth-order valence-electron chi connectivity index (χ4n) is 1.90. The molecule has 1 heterocycles. The van der Waals surface area contributed by atoms with E-state index in [1.807, 2.05) is 25.1 Å². The van der Waals surface area contributed by atoms with Crippen molar-refractivity contribution >= 4 is 11.4 Å². The number of anilines is 2. The Kier molecular flexibility index (Phi) is 4.10. The molecule has 0 unspecified atom stereocenters. The highest BCUT2D eigenvalue weighted by Gasteiger charge is 2.14. The monoisotopic (exact) mass is 248 g/mol. The zero-order valence-electron chi connectivity index (χ0n) is 10.8. The van der Waals surface area contributed by atoms with Gasteiger partial charge in [0.15, 0.2) is 0 Å². The Morgan fingerprint density at radius 2 is 2.17 bits per heavy atom. The number of morpholine rings is 1. The predicted octanol–water partition coefficient (Wildman–Crippen LogP) is 2.06. The molecule has 0 amide bonds. The zero-order chi connectivity index (χ0) is 13.0. The molecule has 2 N–H and O–H groups in total. The second kappa shape index (κ2) is 5.78. The van der Waals surface area contributed by atoms with Crippen molar-refractivity contribution in [2.75, 3.05) is 43.5 Å². The molecule has 0 atom stereocenters. The number of hydrogen-bond acceptors (Lipinski definition) is 4. The summed E-state index contributed by atoms with van der Waals surface area (Å²) < 4.78 is 11.0. The number of rotatable bonds is 4. The topological polar surface area (TPSA) is 47.7 Å². The van der Waals surface area contributed by atoms with E-state index in [4.69, 9.17) is 15.2 Å². The van der Waals surface area contributed by atoms with Crippen LogP contribution in [0.2, 0.25) is 0 Å². The van der Waals surface area contributed by atoms with Gasteiger partial charge in [0, 0.05) is 19.2 Å². The molecule has 1 aliphatic rings. The quantitative estimate of drug-likeness (QED) is 0.654. The lowest BCUT2D eigenvalue weighted by Crippen LogP contribution is -2.36. The van der Waals surface area contributed by atoms with Gasteiger partial charge in [-0.15, -0.1) is 0 Å². The van der Waals surface area contributed by atoms with Gasteiger partial charge in [-0.3, -0.25) is 0 Å². The number of hydrogen-bond donors (Lipinski definition) is 1. The van der Waals surface area contributed by atoms with Crippen LogP contribution < -0.4 is 15.4 Å². The van der Waals surface area contributed by atoms with Crippen LogP contribution in [-0.4, -0.2) is 32.9 Å². The molecular weight excluding hydrogens is 228 g/mol. The van der Waals surface area contributed by atoms with Crippen LogP contribution in [0.1, 0.15) is 6.92 Å². The molecule has 2 rings (SSSR count). The van der Waals surface area contributed by atoms with E-state index in [1.165, 1.54) is 0 Å². The fraction of sp³-hybridized carbons (Fsp3) is 0.429. The molecular formula is C14H20N2O2. The number of ether oxygens (including phenoxy) is 2. The first-order valence-electron chi connectivity index (χ1n) is 6.16. The lowest BCUT2D eigenvalue weighted by Gasteiger charge is -2.30. The van der Waals surface area contributed by atoms with Gasteiger partial charge >= 0.3 is 0 Å². The van der Waals surface area contributed by atoms with Gasteiger partial charge in [0.05, 0.1) is 24.6 Å². The highest BCUT2D eigenvalue weighted by molar-refractivity contribution is 5.69. The standard InChI is InChI=1S/C14H20N2O2/c1-11(2)10-18-12-3-4-13(15)14(9-12)16-5-7-17-8-6-16/h3-4,9H,1,5-8,10,15H2,2H3. The summed E-state index contributed by atoms with van der Waals surface area (Å²) in [5, 5.41) is 0. The number of nitrogens with two attached hydrogens (primary N) is 1. The van der Waals surface area contributed by atoms with Crippen LogP contribution in [0.3, 0.4) is 0 Å². The van der Waals surface area contributed by atoms with E-state index in [9.17, 15) is 0 Å².